The molecule has 0 aromatic heterocycles. The zero-order valence-electron chi connectivity index (χ0n) is 10.7. The monoisotopic (exact) mass is 247 g/mol. The summed E-state index contributed by atoms with van der Waals surface area (Å²) in [7, 11) is 0. The summed E-state index contributed by atoms with van der Waals surface area (Å²) in [6, 6.07) is 8.90. The summed E-state index contributed by atoms with van der Waals surface area (Å²) in [4.78, 5) is 0. The Bertz CT molecular complexity index is 388. The minimum atomic E-state index is 0.497. The van der Waals surface area contributed by atoms with Crippen LogP contribution in [-0.4, -0.2) is 32.4 Å². The SMILES string of the molecule is c1ccc2c(c1)OCCC2COCC1CCCN1. The number of nitrogens with one attached hydrogen (secondary N) is 1. The predicted octanol–water partition coefficient (Wildman–Crippen LogP) is 2.32. The lowest BCUT2D eigenvalue weighted by atomic mass is 9.94. The second-order valence-corrected chi connectivity index (χ2v) is 5.20. The van der Waals surface area contributed by atoms with E-state index in [9.17, 15) is 0 Å². The highest BCUT2D eigenvalue weighted by Gasteiger charge is 2.22. The van der Waals surface area contributed by atoms with Gasteiger partial charge in [0.2, 0.25) is 0 Å². The smallest absolute Gasteiger partial charge is 0.122 e. The summed E-state index contributed by atoms with van der Waals surface area (Å²) in [6.07, 6.45) is 3.60. The number of ether oxygens (including phenoxy) is 2. The average Bonchev–Trinajstić information content (AvgIpc) is 2.92. The Labute approximate surface area is 108 Å². The van der Waals surface area contributed by atoms with Gasteiger partial charge in [-0.3, -0.25) is 0 Å². The maximum absolute atomic E-state index is 5.90. The molecule has 0 bridgehead atoms. The summed E-state index contributed by atoms with van der Waals surface area (Å²) in [5.74, 6) is 1.53. The molecule has 1 aromatic rings. The third-order valence-corrected chi connectivity index (χ3v) is 3.88. The van der Waals surface area contributed by atoms with E-state index in [1.807, 2.05) is 6.07 Å². The van der Waals surface area contributed by atoms with Gasteiger partial charge in [0.1, 0.15) is 5.75 Å². The Morgan fingerprint density at radius 1 is 1.22 bits per heavy atom. The highest BCUT2D eigenvalue weighted by Crippen LogP contribution is 2.33. The number of rotatable bonds is 4. The van der Waals surface area contributed by atoms with Gasteiger partial charge in [-0.15, -0.1) is 0 Å². The van der Waals surface area contributed by atoms with Crippen LogP contribution in [0, 0.1) is 0 Å². The molecule has 1 saturated heterocycles. The normalized spacial score (nSPS) is 26.7. The van der Waals surface area contributed by atoms with Gasteiger partial charge in [0, 0.05) is 12.0 Å². The maximum atomic E-state index is 5.90. The van der Waals surface area contributed by atoms with Crippen LogP contribution in [0.5, 0.6) is 5.75 Å². The lowest BCUT2D eigenvalue weighted by Gasteiger charge is -2.26. The van der Waals surface area contributed by atoms with Crippen molar-refractivity contribution in [2.45, 2.75) is 31.2 Å². The van der Waals surface area contributed by atoms with E-state index in [1.165, 1.54) is 18.4 Å². The van der Waals surface area contributed by atoms with Crippen molar-refractivity contribution < 1.29 is 9.47 Å². The maximum Gasteiger partial charge on any atom is 0.122 e. The topological polar surface area (TPSA) is 30.5 Å². The molecule has 18 heavy (non-hydrogen) atoms. The fourth-order valence-corrected chi connectivity index (χ4v) is 2.84. The summed E-state index contributed by atoms with van der Waals surface area (Å²) in [5.41, 5.74) is 1.31. The summed E-state index contributed by atoms with van der Waals surface area (Å²) >= 11 is 0. The van der Waals surface area contributed by atoms with E-state index in [-0.39, 0.29) is 0 Å². The van der Waals surface area contributed by atoms with Crippen LogP contribution in [0.25, 0.3) is 0 Å². The molecule has 0 saturated carbocycles. The molecule has 2 aliphatic heterocycles. The van der Waals surface area contributed by atoms with E-state index < -0.39 is 0 Å². The molecule has 0 amide bonds. The Balaban J connectivity index is 1.54. The van der Waals surface area contributed by atoms with Crippen LogP contribution in [0.2, 0.25) is 0 Å². The molecule has 1 N–H and O–H groups in total. The molecule has 0 aliphatic carbocycles. The second kappa shape index (κ2) is 5.72. The van der Waals surface area contributed by atoms with Crippen molar-refractivity contribution in [3.63, 3.8) is 0 Å². The van der Waals surface area contributed by atoms with Crippen LogP contribution in [0.15, 0.2) is 24.3 Å². The quantitative estimate of drug-likeness (QED) is 0.885. The molecule has 2 atom stereocenters. The number of hydrogen-bond acceptors (Lipinski definition) is 3. The minimum Gasteiger partial charge on any atom is -0.493 e. The fraction of sp³-hybridized carbons (Fsp3) is 0.600. The molecule has 1 fully saturated rings. The third-order valence-electron chi connectivity index (χ3n) is 3.88. The number of benzene rings is 1. The van der Waals surface area contributed by atoms with E-state index in [0.717, 1.165) is 38.5 Å². The van der Waals surface area contributed by atoms with Crippen molar-refractivity contribution in [3.05, 3.63) is 29.8 Å². The first-order valence-corrected chi connectivity index (χ1v) is 6.96. The summed E-state index contributed by atoms with van der Waals surface area (Å²) in [6.45, 7) is 3.62. The number of para-hydroxylation sites is 1. The molecular formula is C15H21NO2. The van der Waals surface area contributed by atoms with Gasteiger partial charge in [-0.2, -0.15) is 0 Å². The van der Waals surface area contributed by atoms with Crippen molar-refractivity contribution in [1.82, 2.24) is 5.32 Å². The van der Waals surface area contributed by atoms with E-state index in [0.29, 0.717) is 12.0 Å². The molecule has 3 heteroatoms. The molecule has 3 nitrogen and oxygen atoms in total. The van der Waals surface area contributed by atoms with Crippen molar-refractivity contribution in [2.75, 3.05) is 26.4 Å². The second-order valence-electron chi connectivity index (χ2n) is 5.20. The molecule has 3 rings (SSSR count). The Kier molecular flexibility index (Phi) is 3.81. The van der Waals surface area contributed by atoms with Gasteiger partial charge in [0.25, 0.3) is 0 Å². The highest BCUT2D eigenvalue weighted by atomic mass is 16.5. The van der Waals surface area contributed by atoms with Crippen molar-refractivity contribution in [1.29, 1.82) is 0 Å². The number of fused-ring (bicyclic) bond motifs is 1. The van der Waals surface area contributed by atoms with Gasteiger partial charge >= 0.3 is 0 Å². The summed E-state index contributed by atoms with van der Waals surface area (Å²) < 4.78 is 11.6. The van der Waals surface area contributed by atoms with Crippen LogP contribution in [-0.2, 0) is 4.74 Å². The highest BCUT2D eigenvalue weighted by molar-refractivity contribution is 5.37. The zero-order chi connectivity index (χ0) is 12.2. The van der Waals surface area contributed by atoms with E-state index >= 15 is 0 Å². The number of hydrogen-bond donors (Lipinski definition) is 1. The first-order valence-electron chi connectivity index (χ1n) is 6.96. The Morgan fingerprint density at radius 3 is 3.06 bits per heavy atom. The molecule has 2 unspecified atom stereocenters. The Hall–Kier alpha value is -1.06. The molecule has 2 aliphatic rings. The van der Waals surface area contributed by atoms with Gasteiger partial charge in [0.15, 0.2) is 0 Å². The fourth-order valence-electron chi connectivity index (χ4n) is 2.84. The molecule has 1 aromatic carbocycles. The predicted molar refractivity (Wildman–Crippen MR) is 71.1 cm³/mol. The zero-order valence-corrected chi connectivity index (χ0v) is 10.7. The van der Waals surface area contributed by atoms with Crippen LogP contribution >= 0.6 is 0 Å². The standard InChI is InChI=1S/C15H21NO2/c1-2-6-15-14(5-1)12(7-9-18-15)10-17-11-13-4-3-8-16-13/h1-2,5-6,12-13,16H,3-4,7-11H2. The van der Waals surface area contributed by atoms with E-state index in [4.69, 9.17) is 9.47 Å². The molecule has 0 spiro atoms. The lowest BCUT2D eigenvalue weighted by molar-refractivity contribution is 0.0917. The van der Waals surface area contributed by atoms with Crippen molar-refractivity contribution in [3.8, 4) is 5.75 Å². The van der Waals surface area contributed by atoms with Gasteiger partial charge in [-0.25, -0.2) is 0 Å². The first-order chi connectivity index (χ1) is 8.93. The molecule has 2 heterocycles. The first kappa shape index (κ1) is 12.0. The molecule has 98 valence electrons. The largest absolute Gasteiger partial charge is 0.493 e. The van der Waals surface area contributed by atoms with Crippen molar-refractivity contribution in [2.24, 2.45) is 0 Å². The van der Waals surface area contributed by atoms with Gasteiger partial charge in [-0.05, 0) is 37.4 Å². The minimum absolute atomic E-state index is 0.497. The van der Waals surface area contributed by atoms with E-state index in [1.54, 1.807) is 0 Å². The van der Waals surface area contributed by atoms with Crippen molar-refractivity contribution >= 4 is 0 Å². The van der Waals surface area contributed by atoms with Crippen LogP contribution < -0.4 is 10.1 Å². The van der Waals surface area contributed by atoms with Crippen LogP contribution in [0.4, 0.5) is 0 Å². The van der Waals surface area contributed by atoms with Crippen LogP contribution in [0.1, 0.15) is 30.7 Å². The average molecular weight is 247 g/mol. The molecule has 0 radical (unpaired) electrons. The molecular weight excluding hydrogens is 226 g/mol. The Morgan fingerprint density at radius 2 is 2.17 bits per heavy atom. The summed E-state index contributed by atoms with van der Waals surface area (Å²) in [5, 5.41) is 3.46. The van der Waals surface area contributed by atoms with Gasteiger partial charge < -0.3 is 14.8 Å². The van der Waals surface area contributed by atoms with Gasteiger partial charge in [0.05, 0.1) is 19.8 Å². The van der Waals surface area contributed by atoms with Crippen LogP contribution in [0.3, 0.4) is 0 Å². The third kappa shape index (κ3) is 2.68. The van der Waals surface area contributed by atoms with Gasteiger partial charge in [-0.1, -0.05) is 18.2 Å². The van der Waals surface area contributed by atoms with E-state index in [2.05, 4.69) is 23.5 Å². The lowest BCUT2D eigenvalue weighted by Crippen LogP contribution is -2.28.